The molecule has 0 radical (unpaired) electrons. The Hall–Kier alpha value is -1.71. The van der Waals surface area contributed by atoms with E-state index in [-0.39, 0.29) is 6.03 Å². The summed E-state index contributed by atoms with van der Waals surface area (Å²) in [6, 6.07) is 8.24. The van der Waals surface area contributed by atoms with Crippen LogP contribution in [-0.4, -0.2) is 19.1 Å². The van der Waals surface area contributed by atoms with Crippen molar-refractivity contribution in [3.8, 4) is 0 Å². The van der Waals surface area contributed by atoms with Gasteiger partial charge in [-0.05, 0) is 54.9 Å². The lowest BCUT2D eigenvalue weighted by molar-refractivity contribution is 0.177. The van der Waals surface area contributed by atoms with Crippen LogP contribution < -0.4 is 16.0 Å². The number of anilines is 2. The first-order valence-corrected chi connectivity index (χ1v) is 7.75. The van der Waals surface area contributed by atoms with E-state index in [4.69, 9.17) is 0 Å². The summed E-state index contributed by atoms with van der Waals surface area (Å²) >= 11 is 0. The van der Waals surface area contributed by atoms with Gasteiger partial charge in [0.25, 0.3) is 0 Å². The van der Waals surface area contributed by atoms with E-state index in [9.17, 15) is 4.79 Å². The molecule has 116 valence electrons. The highest BCUT2D eigenvalue weighted by molar-refractivity contribution is 5.89. The summed E-state index contributed by atoms with van der Waals surface area (Å²) in [6.07, 6.45) is 3.75. The number of carbonyl (C=O) groups is 1. The van der Waals surface area contributed by atoms with Crippen molar-refractivity contribution in [1.29, 1.82) is 0 Å². The molecule has 1 aliphatic carbocycles. The van der Waals surface area contributed by atoms with Crippen molar-refractivity contribution in [3.05, 3.63) is 24.3 Å². The molecule has 4 nitrogen and oxygen atoms in total. The Balaban J connectivity index is 1.93. The quantitative estimate of drug-likeness (QED) is 0.786. The lowest BCUT2D eigenvalue weighted by Gasteiger charge is -2.40. The van der Waals surface area contributed by atoms with Gasteiger partial charge in [-0.15, -0.1) is 0 Å². The van der Waals surface area contributed by atoms with E-state index in [1.807, 2.05) is 24.3 Å². The van der Waals surface area contributed by atoms with Crippen LogP contribution >= 0.6 is 0 Å². The van der Waals surface area contributed by atoms with Crippen molar-refractivity contribution in [1.82, 2.24) is 5.32 Å². The summed E-state index contributed by atoms with van der Waals surface area (Å²) in [5.41, 5.74) is 2.39. The Bertz CT molecular complexity index is 481. The van der Waals surface area contributed by atoms with Gasteiger partial charge in [-0.2, -0.15) is 0 Å². The summed E-state index contributed by atoms with van der Waals surface area (Å²) < 4.78 is 0. The zero-order chi connectivity index (χ0) is 15.5. The van der Waals surface area contributed by atoms with Crippen LogP contribution in [0.5, 0.6) is 0 Å². The van der Waals surface area contributed by atoms with Crippen LogP contribution in [0.3, 0.4) is 0 Å². The number of hydrogen-bond donors (Lipinski definition) is 3. The second-order valence-corrected chi connectivity index (χ2v) is 6.92. The van der Waals surface area contributed by atoms with Crippen LogP contribution in [0.25, 0.3) is 0 Å². The van der Waals surface area contributed by atoms with Crippen molar-refractivity contribution in [3.63, 3.8) is 0 Å². The molecule has 1 aromatic rings. The Morgan fingerprint density at radius 2 is 1.81 bits per heavy atom. The number of benzene rings is 1. The summed E-state index contributed by atoms with van der Waals surface area (Å²) in [6.45, 7) is 7.05. The topological polar surface area (TPSA) is 53.2 Å². The molecule has 1 fully saturated rings. The third-order valence-corrected chi connectivity index (χ3v) is 4.42. The second-order valence-electron chi connectivity index (χ2n) is 6.92. The van der Waals surface area contributed by atoms with Crippen LogP contribution in [0.4, 0.5) is 16.2 Å². The van der Waals surface area contributed by atoms with Crippen LogP contribution in [0.1, 0.15) is 40.0 Å². The van der Waals surface area contributed by atoms with E-state index in [0.29, 0.717) is 17.4 Å². The molecule has 1 saturated carbocycles. The summed E-state index contributed by atoms with van der Waals surface area (Å²) in [5, 5.41) is 8.94. The maximum atomic E-state index is 11.2. The van der Waals surface area contributed by atoms with Crippen molar-refractivity contribution in [2.45, 2.75) is 46.1 Å². The minimum Gasteiger partial charge on any atom is -0.382 e. The number of carbonyl (C=O) groups excluding carboxylic acids is 1. The fourth-order valence-electron chi connectivity index (χ4n) is 3.22. The fourth-order valence-corrected chi connectivity index (χ4v) is 3.22. The van der Waals surface area contributed by atoms with E-state index < -0.39 is 0 Å². The smallest absolute Gasteiger partial charge is 0.318 e. The van der Waals surface area contributed by atoms with E-state index >= 15 is 0 Å². The van der Waals surface area contributed by atoms with Gasteiger partial charge < -0.3 is 16.0 Å². The molecule has 1 aromatic carbocycles. The second kappa shape index (κ2) is 6.37. The number of nitrogens with one attached hydrogen (secondary N) is 3. The molecule has 0 bridgehead atoms. The van der Waals surface area contributed by atoms with Gasteiger partial charge in [0.05, 0.1) is 0 Å². The molecule has 1 aliphatic rings. The minimum atomic E-state index is -0.196. The molecule has 0 spiro atoms. The maximum absolute atomic E-state index is 11.2. The molecule has 2 rings (SSSR count). The molecule has 2 amide bonds. The van der Waals surface area contributed by atoms with Crippen LogP contribution in [0.15, 0.2) is 24.3 Å². The largest absolute Gasteiger partial charge is 0.382 e. The van der Waals surface area contributed by atoms with Crippen molar-refractivity contribution < 1.29 is 4.79 Å². The van der Waals surface area contributed by atoms with Gasteiger partial charge in [0.2, 0.25) is 0 Å². The van der Waals surface area contributed by atoms with E-state index in [2.05, 4.69) is 36.7 Å². The monoisotopic (exact) mass is 289 g/mol. The standard InChI is InChI=1S/C17H27N3O/c1-12-11-17(2,3)10-9-15(12)19-13-5-7-14(8-6-13)20-16(21)18-4/h5-8,12,15,19H,9-11H2,1-4H3,(H2,18,20,21). The first kappa shape index (κ1) is 15.7. The Morgan fingerprint density at radius 3 is 2.38 bits per heavy atom. The van der Waals surface area contributed by atoms with E-state index in [1.54, 1.807) is 7.05 Å². The van der Waals surface area contributed by atoms with Crippen molar-refractivity contribution in [2.75, 3.05) is 17.7 Å². The first-order valence-electron chi connectivity index (χ1n) is 7.75. The van der Waals surface area contributed by atoms with Gasteiger partial charge in [-0.3, -0.25) is 0 Å². The van der Waals surface area contributed by atoms with Gasteiger partial charge in [0.1, 0.15) is 0 Å². The van der Waals surface area contributed by atoms with Gasteiger partial charge in [0, 0.05) is 24.5 Å². The van der Waals surface area contributed by atoms with E-state index in [0.717, 1.165) is 11.4 Å². The van der Waals surface area contributed by atoms with Crippen LogP contribution in [0.2, 0.25) is 0 Å². The Morgan fingerprint density at radius 1 is 1.19 bits per heavy atom. The molecule has 2 atom stereocenters. The van der Waals surface area contributed by atoms with Gasteiger partial charge >= 0.3 is 6.03 Å². The third-order valence-electron chi connectivity index (χ3n) is 4.42. The Labute approximate surface area is 127 Å². The molecule has 4 heteroatoms. The Kier molecular flexibility index (Phi) is 4.76. The highest BCUT2D eigenvalue weighted by Crippen LogP contribution is 2.39. The molecular formula is C17H27N3O. The fraction of sp³-hybridized carbons (Fsp3) is 0.588. The number of amides is 2. The highest BCUT2D eigenvalue weighted by Gasteiger charge is 2.32. The number of urea groups is 1. The first-order chi connectivity index (χ1) is 9.89. The number of hydrogen-bond acceptors (Lipinski definition) is 2. The SMILES string of the molecule is CNC(=O)Nc1ccc(NC2CCC(C)(C)CC2C)cc1. The zero-order valence-corrected chi connectivity index (χ0v) is 13.5. The van der Waals surface area contributed by atoms with Gasteiger partial charge in [-0.25, -0.2) is 4.79 Å². The highest BCUT2D eigenvalue weighted by atomic mass is 16.2. The minimum absolute atomic E-state index is 0.196. The van der Waals surface area contributed by atoms with Gasteiger partial charge in [0.15, 0.2) is 0 Å². The zero-order valence-electron chi connectivity index (χ0n) is 13.5. The van der Waals surface area contributed by atoms with Crippen molar-refractivity contribution >= 4 is 17.4 Å². The average Bonchev–Trinajstić information content (AvgIpc) is 2.43. The van der Waals surface area contributed by atoms with E-state index in [1.165, 1.54) is 19.3 Å². The molecule has 3 N–H and O–H groups in total. The summed E-state index contributed by atoms with van der Waals surface area (Å²) in [5.74, 6) is 0.678. The molecule has 0 heterocycles. The lowest BCUT2D eigenvalue weighted by Crippen LogP contribution is -2.36. The summed E-state index contributed by atoms with van der Waals surface area (Å²) in [7, 11) is 1.61. The normalized spacial score (nSPS) is 24.2. The lowest BCUT2D eigenvalue weighted by atomic mass is 9.70. The molecule has 0 saturated heterocycles. The molecule has 2 unspecified atom stereocenters. The molecular weight excluding hydrogens is 262 g/mol. The number of rotatable bonds is 3. The molecule has 21 heavy (non-hydrogen) atoms. The molecule has 0 aliphatic heterocycles. The predicted octanol–water partition coefficient (Wildman–Crippen LogP) is 4.06. The summed E-state index contributed by atoms with van der Waals surface area (Å²) in [4.78, 5) is 11.2. The van der Waals surface area contributed by atoms with Crippen molar-refractivity contribution in [2.24, 2.45) is 11.3 Å². The van der Waals surface area contributed by atoms with Crippen LogP contribution in [-0.2, 0) is 0 Å². The third kappa shape index (κ3) is 4.38. The predicted molar refractivity (Wildman–Crippen MR) is 88.7 cm³/mol. The van der Waals surface area contributed by atoms with Crippen LogP contribution in [0, 0.1) is 11.3 Å². The average molecular weight is 289 g/mol. The molecule has 0 aromatic heterocycles. The maximum Gasteiger partial charge on any atom is 0.318 e. The van der Waals surface area contributed by atoms with Gasteiger partial charge in [-0.1, -0.05) is 20.8 Å².